The predicted octanol–water partition coefficient (Wildman–Crippen LogP) is 3.66. The summed E-state index contributed by atoms with van der Waals surface area (Å²) in [5.74, 6) is 1.01. The third-order valence-electron chi connectivity index (χ3n) is 3.34. The van der Waals surface area contributed by atoms with E-state index in [-0.39, 0.29) is 5.91 Å². The number of nitrogens with one attached hydrogen (secondary N) is 1. The van der Waals surface area contributed by atoms with Gasteiger partial charge in [0.2, 0.25) is 0 Å². The van der Waals surface area contributed by atoms with Crippen LogP contribution in [0.3, 0.4) is 0 Å². The maximum absolute atomic E-state index is 12.2. The first kappa shape index (κ1) is 17.5. The lowest BCUT2D eigenvalue weighted by atomic mass is 10.2. The van der Waals surface area contributed by atoms with Crippen molar-refractivity contribution in [3.05, 3.63) is 60.2 Å². The number of hydrazone groups is 1. The zero-order chi connectivity index (χ0) is 17.2. The van der Waals surface area contributed by atoms with Crippen LogP contribution in [0.1, 0.15) is 30.6 Å². The minimum atomic E-state index is -0.289. The number of rotatable bonds is 8. The highest BCUT2D eigenvalue weighted by Gasteiger charge is 2.11. The topological polar surface area (TPSA) is 59.9 Å². The van der Waals surface area contributed by atoms with Crippen molar-refractivity contribution in [3.8, 4) is 11.5 Å². The first-order chi connectivity index (χ1) is 11.7. The van der Waals surface area contributed by atoms with Gasteiger partial charge in [-0.15, -0.1) is 0 Å². The molecule has 0 unspecified atom stereocenters. The van der Waals surface area contributed by atoms with Gasteiger partial charge >= 0.3 is 0 Å². The van der Waals surface area contributed by atoms with E-state index in [1.807, 2.05) is 50.2 Å². The Balaban J connectivity index is 1.90. The highest BCUT2D eigenvalue weighted by Crippen LogP contribution is 2.18. The Bertz CT molecular complexity index is 684. The minimum Gasteiger partial charge on any atom is -0.490 e. The van der Waals surface area contributed by atoms with E-state index >= 15 is 0 Å². The van der Waals surface area contributed by atoms with E-state index in [1.54, 1.807) is 18.2 Å². The normalized spacial score (nSPS) is 11.0. The molecule has 5 heteroatoms. The number of hydrogen-bond acceptors (Lipinski definition) is 4. The Kier molecular flexibility index (Phi) is 6.83. The quantitative estimate of drug-likeness (QED) is 0.457. The molecule has 2 aromatic carbocycles. The first-order valence-corrected chi connectivity index (χ1v) is 7.94. The van der Waals surface area contributed by atoms with Gasteiger partial charge in [0, 0.05) is 5.71 Å². The van der Waals surface area contributed by atoms with Crippen LogP contribution >= 0.6 is 0 Å². The molecular formula is C19H22N2O3. The number of benzene rings is 2. The van der Waals surface area contributed by atoms with Crippen LogP contribution in [-0.2, 0) is 0 Å². The van der Waals surface area contributed by atoms with Crippen LogP contribution in [0.2, 0.25) is 0 Å². The minimum absolute atomic E-state index is 0.289. The Morgan fingerprint density at radius 1 is 1.00 bits per heavy atom. The Morgan fingerprint density at radius 3 is 2.42 bits per heavy atom. The molecular weight excluding hydrogens is 304 g/mol. The van der Waals surface area contributed by atoms with Crippen LogP contribution in [0.25, 0.3) is 0 Å². The molecule has 126 valence electrons. The molecule has 0 heterocycles. The molecule has 2 rings (SSSR count). The van der Waals surface area contributed by atoms with Gasteiger partial charge in [0.15, 0.2) is 0 Å². The summed E-state index contributed by atoms with van der Waals surface area (Å²) in [6.07, 6.45) is 0.787. The second-order valence-corrected chi connectivity index (χ2v) is 5.15. The van der Waals surface area contributed by atoms with Gasteiger partial charge in [-0.1, -0.05) is 37.3 Å². The number of carbonyl (C=O) groups excluding carboxylic acids is 1. The third kappa shape index (κ3) is 5.43. The number of para-hydroxylation sites is 2. The summed E-state index contributed by atoms with van der Waals surface area (Å²) < 4.78 is 11.3. The van der Waals surface area contributed by atoms with Crippen LogP contribution in [0, 0.1) is 0 Å². The Morgan fingerprint density at radius 2 is 1.67 bits per heavy atom. The largest absolute Gasteiger partial charge is 0.490 e. The fourth-order valence-corrected chi connectivity index (χ4v) is 1.89. The predicted molar refractivity (Wildman–Crippen MR) is 94.7 cm³/mol. The number of ether oxygens (including phenoxy) is 2. The molecule has 0 bridgehead atoms. The molecule has 0 saturated heterocycles. The maximum atomic E-state index is 12.2. The van der Waals surface area contributed by atoms with E-state index in [0.717, 1.165) is 17.9 Å². The standard InChI is InChI=1S/C19H22N2O3/c1-3-15(2)20-21-19(22)17-11-7-8-12-18(17)24-14-13-23-16-9-5-4-6-10-16/h4-12H,3,13-14H2,1-2H3,(H,21,22)/b20-15-. The summed E-state index contributed by atoms with van der Waals surface area (Å²) in [6, 6.07) is 16.6. The van der Waals surface area contributed by atoms with Crippen molar-refractivity contribution in [1.82, 2.24) is 5.43 Å². The van der Waals surface area contributed by atoms with Crippen molar-refractivity contribution in [2.75, 3.05) is 13.2 Å². The zero-order valence-corrected chi connectivity index (χ0v) is 14.0. The summed E-state index contributed by atoms with van der Waals surface area (Å²) in [4.78, 5) is 12.2. The molecule has 1 amide bonds. The van der Waals surface area contributed by atoms with Gasteiger partial charge in [-0.2, -0.15) is 5.10 Å². The van der Waals surface area contributed by atoms with Gasteiger partial charge in [-0.05, 0) is 37.6 Å². The van der Waals surface area contributed by atoms with E-state index in [4.69, 9.17) is 9.47 Å². The highest BCUT2D eigenvalue weighted by molar-refractivity contribution is 5.97. The fourth-order valence-electron chi connectivity index (χ4n) is 1.89. The van der Waals surface area contributed by atoms with E-state index < -0.39 is 0 Å². The lowest BCUT2D eigenvalue weighted by Gasteiger charge is -2.11. The van der Waals surface area contributed by atoms with Crippen molar-refractivity contribution in [3.63, 3.8) is 0 Å². The van der Waals surface area contributed by atoms with Gasteiger partial charge in [-0.3, -0.25) is 4.79 Å². The van der Waals surface area contributed by atoms with E-state index in [1.165, 1.54) is 0 Å². The monoisotopic (exact) mass is 326 g/mol. The molecule has 0 radical (unpaired) electrons. The first-order valence-electron chi connectivity index (χ1n) is 7.94. The number of carbonyl (C=O) groups is 1. The molecule has 24 heavy (non-hydrogen) atoms. The molecule has 0 aliphatic rings. The van der Waals surface area contributed by atoms with Gasteiger partial charge in [0.05, 0.1) is 5.56 Å². The van der Waals surface area contributed by atoms with E-state index in [2.05, 4.69) is 10.5 Å². The lowest BCUT2D eigenvalue weighted by Crippen LogP contribution is -2.20. The fraction of sp³-hybridized carbons (Fsp3) is 0.263. The third-order valence-corrected chi connectivity index (χ3v) is 3.34. The van der Waals surface area contributed by atoms with Crippen LogP contribution in [-0.4, -0.2) is 24.8 Å². The average Bonchev–Trinajstić information content (AvgIpc) is 2.64. The summed E-state index contributed by atoms with van der Waals surface area (Å²) in [5.41, 5.74) is 3.85. The maximum Gasteiger partial charge on any atom is 0.275 e. The highest BCUT2D eigenvalue weighted by atomic mass is 16.5. The Labute approximate surface area is 142 Å². The summed E-state index contributed by atoms with van der Waals surface area (Å²) in [7, 11) is 0. The molecule has 1 N–H and O–H groups in total. The smallest absolute Gasteiger partial charge is 0.275 e. The molecule has 0 atom stereocenters. The van der Waals surface area contributed by atoms with Gasteiger partial charge in [-0.25, -0.2) is 5.43 Å². The molecule has 2 aromatic rings. The summed E-state index contributed by atoms with van der Waals surface area (Å²) in [5, 5.41) is 4.03. The SMILES string of the molecule is CC/C(C)=N\NC(=O)c1ccccc1OCCOc1ccccc1. The van der Waals surface area contributed by atoms with Gasteiger partial charge < -0.3 is 9.47 Å². The van der Waals surface area contributed by atoms with Crippen LogP contribution in [0.15, 0.2) is 59.7 Å². The lowest BCUT2D eigenvalue weighted by molar-refractivity contribution is 0.0949. The van der Waals surface area contributed by atoms with Crippen molar-refractivity contribution in [1.29, 1.82) is 0 Å². The van der Waals surface area contributed by atoms with Crippen molar-refractivity contribution in [2.24, 2.45) is 5.10 Å². The van der Waals surface area contributed by atoms with Crippen molar-refractivity contribution < 1.29 is 14.3 Å². The van der Waals surface area contributed by atoms with Crippen LogP contribution < -0.4 is 14.9 Å². The molecule has 0 saturated carbocycles. The summed E-state index contributed by atoms with van der Waals surface area (Å²) in [6.45, 7) is 4.59. The average molecular weight is 326 g/mol. The molecule has 0 aliphatic carbocycles. The second-order valence-electron chi connectivity index (χ2n) is 5.15. The molecule has 0 spiro atoms. The van der Waals surface area contributed by atoms with Crippen molar-refractivity contribution >= 4 is 11.6 Å². The van der Waals surface area contributed by atoms with Crippen LogP contribution in [0.5, 0.6) is 11.5 Å². The summed E-state index contributed by atoms with van der Waals surface area (Å²) >= 11 is 0. The Hall–Kier alpha value is -2.82. The molecule has 5 nitrogen and oxygen atoms in total. The van der Waals surface area contributed by atoms with Gasteiger partial charge in [0.25, 0.3) is 5.91 Å². The van der Waals surface area contributed by atoms with Gasteiger partial charge in [0.1, 0.15) is 24.7 Å². The molecule has 0 fully saturated rings. The second kappa shape index (κ2) is 9.35. The number of amides is 1. The van der Waals surface area contributed by atoms with Crippen LogP contribution in [0.4, 0.5) is 0 Å². The molecule has 0 aromatic heterocycles. The zero-order valence-electron chi connectivity index (χ0n) is 14.0. The number of nitrogens with zero attached hydrogens (tertiary/aromatic N) is 1. The van der Waals surface area contributed by atoms with Crippen molar-refractivity contribution in [2.45, 2.75) is 20.3 Å². The number of hydrogen-bond donors (Lipinski definition) is 1. The van der Waals surface area contributed by atoms with E-state index in [0.29, 0.717) is 24.5 Å². The molecule has 0 aliphatic heterocycles. The van der Waals surface area contributed by atoms with E-state index in [9.17, 15) is 4.79 Å².